The Morgan fingerprint density at radius 1 is 1.40 bits per heavy atom. The molecule has 20 heavy (non-hydrogen) atoms. The maximum absolute atomic E-state index is 12.1. The van der Waals surface area contributed by atoms with E-state index in [1.807, 2.05) is 37.3 Å². The lowest BCUT2D eigenvalue weighted by molar-refractivity contribution is -0.142. The number of amides is 1. The van der Waals surface area contributed by atoms with Crippen molar-refractivity contribution in [2.75, 3.05) is 6.54 Å². The van der Waals surface area contributed by atoms with Crippen molar-refractivity contribution in [3.05, 3.63) is 35.9 Å². The second-order valence-electron chi connectivity index (χ2n) is 5.23. The lowest BCUT2D eigenvalue weighted by Gasteiger charge is -2.19. The average Bonchev–Trinajstić information content (AvgIpc) is 2.85. The molecule has 1 aromatic carbocycles. The molecule has 108 valence electrons. The first-order valence-corrected chi connectivity index (χ1v) is 6.88. The maximum Gasteiger partial charge on any atom is 0.326 e. The lowest BCUT2D eigenvalue weighted by Crippen LogP contribution is -2.46. The standard InChI is InChI=1S/C15H20N2O3/c1-10-12(7-8-16-10)14(18)17-13(15(19)20)9-11-5-3-2-4-6-11/h2-6,10,12-13,16H,7-9H2,1H3,(H,17,18)(H,19,20). The maximum atomic E-state index is 12.1. The molecule has 1 aliphatic heterocycles. The normalized spacial score (nSPS) is 23.2. The van der Waals surface area contributed by atoms with Gasteiger partial charge in [0, 0.05) is 12.5 Å². The summed E-state index contributed by atoms with van der Waals surface area (Å²) in [7, 11) is 0. The van der Waals surface area contributed by atoms with Gasteiger partial charge in [0.15, 0.2) is 0 Å². The molecule has 1 fully saturated rings. The van der Waals surface area contributed by atoms with Crippen LogP contribution in [0, 0.1) is 5.92 Å². The zero-order valence-electron chi connectivity index (χ0n) is 11.5. The van der Waals surface area contributed by atoms with Crippen LogP contribution in [0.3, 0.4) is 0 Å². The number of carboxylic acid groups (broad SMARTS) is 1. The third kappa shape index (κ3) is 3.57. The topological polar surface area (TPSA) is 78.4 Å². The van der Waals surface area contributed by atoms with E-state index in [9.17, 15) is 14.7 Å². The summed E-state index contributed by atoms with van der Waals surface area (Å²) in [5, 5.41) is 15.1. The van der Waals surface area contributed by atoms with Gasteiger partial charge in [0.25, 0.3) is 0 Å². The summed E-state index contributed by atoms with van der Waals surface area (Å²) < 4.78 is 0. The van der Waals surface area contributed by atoms with Gasteiger partial charge in [-0.3, -0.25) is 4.79 Å². The minimum Gasteiger partial charge on any atom is -0.480 e. The van der Waals surface area contributed by atoms with Gasteiger partial charge in [0.1, 0.15) is 6.04 Å². The van der Waals surface area contributed by atoms with E-state index in [1.54, 1.807) is 0 Å². The Morgan fingerprint density at radius 2 is 2.10 bits per heavy atom. The zero-order valence-corrected chi connectivity index (χ0v) is 11.5. The molecule has 0 spiro atoms. The third-order valence-corrected chi connectivity index (χ3v) is 3.76. The molecule has 1 saturated heterocycles. The van der Waals surface area contributed by atoms with Crippen LogP contribution in [0.25, 0.3) is 0 Å². The molecule has 5 heteroatoms. The monoisotopic (exact) mass is 276 g/mol. The number of rotatable bonds is 5. The molecule has 0 bridgehead atoms. The molecule has 0 aliphatic carbocycles. The zero-order chi connectivity index (χ0) is 14.5. The molecular formula is C15H20N2O3. The second kappa shape index (κ2) is 6.52. The van der Waals surface area contributed by atoms with Crippen molar-refractivity contribution in [2.24, 2.45) is 5.92 Å². The molecule has 3 N–H and O–H groups in total. The van der Waals surface area contributed by atoms with Gasteiger partial charge >= 0.3 is 5.97 Å². The Labute approximate surface area is 118 Å². The highest BCUT2D eigenvalue weighted by atomic mass is 16.4. The number of hydrogen-bond acceptors (Lipinski definition) is 3. The molecule has 5 nitrogen and oxygen atoms in total. The molecule has 1 amide bonds. The molecule has 2 rings (SSSR count). The number of benzene rings is 1. The van der Waals surface area contributed by atoms with E-state index in [2.05, 4.69) is 10.6 Å². The smallest absolute Gasteiger partial charge is 0.326 e. The minimum absolute atomic E-state index is 0.0983. The van der Waals surface area contributed by atoms with Crippen molar-refractivity contribution in [2.45, 2.75) is 31.8 Å². The molecule has 0 radical (unpaired) electrons. The fourth-order valence-corrected chi connectivity index (χ4v) is 2.55. The molecule has 0 aromatic heterocycles. The van der Waals surface area contributed by atoms with Crippen LogP contribution in [-0.2, 0) is 16.0 Å². The van der Waals surface area contributed by atoms with Gasteiger partial charge in [0.05, 0.1) is 5.92 Å². The largest absolute Gasteiger partial charge is 0.480 e. The fourth-order valence-electron chi connectivity index (χ4n) is 2.55. The van der Waals surface area contributed by atoms with Gasteiger partial charge in [-0.05, 0) is 25.5 Å². The van der Waals surface area contributed by atoms with Crippen LogP contribution >= 0.6 is 0 Å². The van der Waals surface area contributed by atoms with Crippen molar-refractivity contribution in [1.82, 2.24) is 10.6 Å². The summed E-state index contributed by atoms with van der Waals surface area (Å²) in [4.78, 5) is 23.5. The molecule has 1 aromatic rings. The number of carbonyl (C=O) groups excluding carboxylic acids is 1. The van der Waals surface area contributed by atoms with E-state index in [4.69, 9.17) is 0 Å². The summed E-state index contributed by atoms with van der Waals surface area (Å²) in [6.45, 7) is 2.75. The van der Waals surface area contributed by atoms with Crippen molar-refractivity contribution in [3.63, 3.8) is 0 Å². The van der Waals surface area contributed by atoms with Gasteiger partial charge < -0.3 is 15.7 Å². The highest BCUT2D eigenvalue weighted by molar-refractivity contribution is 5.85. The molecule has 3 unspecified atom stereocenters. The summed E-state index contributed by atoms with van der Waals surface area (Å²) >= 11 is 0. The van der Waals surface area contributed by atoms with Crippen LogP contribution in [0.2, 0.25) is 0 Å². The summed E-state index contributed by atoms with van der Waals surface area (Å²) in [5.41, 5.74) is 0.901. The SMILES string of the molecule is CC1NCCC1C(=O)NC(Cc1ccccc1)C(=O)O. The molecule has 0 saturated carbocycles. The Morgan fingerprint density at radius 3 is 2.65 bits per heavy atom. The number of carboxylic acids is 1. The lowest BCUT2D eigenvalue weighted by atomic mass is 9.99. The first-order valence-electron chi connectivity index (χ1n) is 6.88. The van der Waals surface area contributed by atoms with Crippen molar-refractivity contribution in [1.29, 1.82) is 0 Å². The number of carbonyl (C=O) groups is 2. The van der Waals surface area contributed by atoms with Crippen LogP contribution < -0.4 is 10.6 Å². The van der Waals surface area contributed by atoms with Crippen LogP contribution in [-0.4, -0.2) is 35.6 Å². The predicted octanol–water partition coefficient (Wildman–Crippen LogP) is 0.796. The van der Waals surface area contributed by atoms with Crippen LogP contribution in [0.1, 0.15) is 18.9 Å². The summed E-state index contributed by atoms with van der Waals surface area (Å²) in [6.07, 6.45) is 1.06. The van der Waals surface area contributed by atoms with Gasteiger partial charge in [-0.25, -0.2) is 4.79 Å². The van der Waals surface area contributed by atoms with Crippen molar-refractivity contribution in [3.8, 4) is 0 Å². The molecule has 3 atom stereocenters. The predicted molar refractivity (Wildman–Crippen MR) is 75.3 cm³/mol. The third-order valence-electron chi connectivity index (χ3n) is 3.76. The van der Waals surface area contributed by atoms with Gasteiger partial charge in [-0.15, -0.1) is 0 Å². The Bertz CT molecular complexity index is 475. The first kappa shape index (κ1) is 14.5. The Kier molecular flexibility index (Phi) is 4.74. The summed E-state index contributed by atoms with van der Waals surface area (Å²) in [5.74, 6) is -1.32. The van der Waals surface area contributed by atoms with Crippen LogP contribution in [0.5, 0.6) is 0 Å². The van der Waals surface area contributed by atoms with E-state index in [1.165, 1.54) is 0 Å². The highest BCUT2D eigenvalue weighted by Gasteiger charge is 2.32. The van der Waals surface area contributed by atoms with E-state index < -0.39 is 12.0 Å². The molecule has 1 aliphatic rings. The second-order valence-corrected chi connectivity index (χ2v) is 5.23. The van der Waals surface area contributed by atoms with Gasteiger partial charge in [-0.1, -0.05) is 30.3 Å². The van der Waals surface area contributed by atoms with Crippen molar-refractivity contribution < 1.29 is 14.7 Å². The van der Waals surface area contributed by atoms with Crippen LogP contribution in [0.15, 0.2) is 30.3 Å². The van der Waals surface area contributed by atoms with Crippen LogP contribution in [0.4, 0.5) is 0 Å². The fraction of sp³-hybridized carbons (Fsp3) is 0.467. The molecule has 1 heterocycles. The number of aliphatic carboxylic acids is 1. The Balaban J connectivity index is 1.99. The number of hydrogen-bond donors (Lipinski definition) is 3. The van der Waals surface area contributed by atoms with E-state index in [0.717, 1.165) is 18.5 Å². The van der Waals surface area contributed by atoms with Gasteiger partial charge in [0.2, 0.25) is 5.91 Å². The van der Waals surface area contributed by atoms with E-state index >= 15 is 0 Å². The van der Waals surface area contributed by atoms with Gasteiger partial charge in [-0.2, -0.15) is 0 Å². The van der Waals surface area contributed by atoms with Crippen molar-refractivity contribution >= 4 is 11.9 Å². The van der Waals surface area contributed by atoms with E-state index in [0.29, 0.717) is 6.42 Å². The number of nitrogens with one attached hydrogen (secondary N) is 2. The Hall–Kier alpha value is -1.88. The molecular weight excluding hydrogens is 256 g/mol. The minimum atomic E-state index is -0.999. The average molecular weight is 276 g/mol. The quantitative estimate of drug-likeness (QED) is 0.743. The van der Waals surface area contributed by atoms with E-state index in [-0.39, 0.29) is 17.9 Å². The highest BCUT2D eigenvalue weighted by Crippen LogP contribution is 2.15. The summed E-state index contributed by atoms with van der Waals surface area (Å²) in [6, 6.07) is 8.55. The first-order chi connectivity index (χ1) is 9.58.